The molecule has 2 heterocycles. The summed E-state index contributed by atoms with van der Waals surface area (Å²) in [4.78, 5) is 20.0. The van der Waals surface area contributed by atoms with Crippen LogP contribution in [0.2, 0.25) is 0 Å². The van der Waals surface area contributed by atoms with Crippen LogP contribution in [-0.4, -0.2) is 20.4 Å². The number of nitrogens with zero attached hydrogens (tertiary/aromatic N) is 3. The van der Waals surface area contributed by atoms with E-state index in [2.05, 4.69) is 31.2 Å². The maximum absolute atomic E-state index is 11.9. The van der Waals surface area contributed by atoms with E-state index in [1.165, 1.54) is 6.20 Å². The maximum atomic E-state index is 11.9. The van der Waals surface area contributed by atoms with Crippen molar-refractivity contribution in [2.75, 3.05) is 5.32 Å². The summed E-state index contributed by atoms with van der Waals surface area (Å²) in [6, 6.07) is 3.59. The molecule has 2 rings (SSSR count). The third-order valence-corrected chi connectivity index (χ3v) is 2.79. The quantitative estimate of drug-likeness (QED) is 0.863. The predicted octanol–water partition coefficient (Wildman–Crippen LogP) is 2.14. The lowest BCUT2D eigenvalue weighted by Gasteiger charge is -2.07. The molecule has 5 nitrogen and oxygen atoms in total. The highest BCUT2D eigenvalue weighted by atomic mass is 79.9. The van der Waals surface area contributed by atoms with Crippen molar-refractivity contribution in [3.05, 3.63) is 40.6 Å². The zero-order valence-electron chi connectivity index (χ0n) is 9.44. The van der Waals surface area contributed by atoms with Crippen molar-refractivity contribution in [3.8, 4) is 0 Å². The minimum Gasteiger partial charge on any atom is -0.330 e. The van der Waals surface area contributed by atoms with E-state index in [4.69, 9.17) is 0 Å². The highest BCUT2D eigenvalue weighted by molar-refractivity contribution is 9.10. The fourth-order valence-corrected chi connectivity index (χ4v) is 1.82. The first-order valence-corrected chi connectivity index (χ1v) is 5.78. The van der Waals surface area contributed by atoms with Gasteiger partial charge in [0.05, 0.1) is 23.9 Å². The van der Waals surface area contributed by atoms with Crippen LogP contribution in [0.4, 0.5) is 5.69 Å². The molecule has 0 aliphatic carbocycles. The molecule has 0 aromatic carbocycles. The molecular formula is C11H11BrN4O. The van der Waals surface area contributed by atoms with Gasteiger partial charge in [0.15, 0.2) is 0 Å². The standard InChI is InChI=1S/C11H11BrN4O/c1-7-8(3-4-10(12)14-7)15-11(17)9-5-13-6-16(9)2/h3-6H,1-2H3,(H,15,17). The number of carbonyl (C=O) groups excluding carboxylic acids is 1. The minimum absolute atomic E-state index is 0.197. The topological polar surface area (TPSA) is 59.8 Å². The number of aryl methyl sites for hydroxylation is 2. The predicted molar refractivity (Wildman–Crippen MR) is 67.8 cm³/mol. The third kappa shape index (κ3) is 2.52. The van der Waals surface area contributed by atoms with E-state index in [0.717, 1.165) is 10.3 Å². The average Bonchev–Trinajstić information content (AvgIpc) is 2.68. The van der Waals surface area contributed by atoms with Crippen molar-refractivity contribution in [2.45, 2.75) is 6.92 Å². The molecule has 0 aliphatic rings. The van der Waals surface area contributed by atoms with Crippen molar-refractivity contribution >= 4 is 27.5 Å². The summed E-state index contributed by atoms with van der Waals surface area (Å²) < 4.78 is 2.41. The largest absolute Gasteiger partial charge is 0.330 e. The van der Waals surface area contributed by atoms with Gasteiger partial charge in [-0.15, -0.1) is 0 Å². The second-order valence-corrected chi connectivity index (χ2v) is 4.42. The monoisotopic (exact) mass is 294 g/mol. The molecule has 0 atom stereocenters. The van der Waals surface area contributed by atoms with Crippen LogP contribution in [0.3, 0.4) is 0 Å². The van der Waals surface area contributed by atoms with Crippen LogP contribution in [0.1, 0.15) is 16.2 Å². The Morgan fingerprint density at radius 2 is 2.24 bits per heavy atom. The summed E-state index contributed by atoms with van der Waals surface area (Å²) in [6.07, 6.45) is 3.11. The van der Waals surface area contributed by atoms with Gasteiger partial charge in [-0.1, -0.05) is 0 Å². The third-order valence-electron chi connectivity index (χ3n) is 2.35. The highest BCUT2D eigenvalue weighted by Crippen LogP contribution is 2.16. The van der Waals surface area contributed by atoms with E-state index in [1.807, 2.05) is 6.92 Å². The van der Waals surface area contributed by atoms with Gasteiger partial charge in [0.2, 0.25) is 0 Å². The second-order valence-electron chi connectivity index (χ2n) is 3.61. The SMILES string of the molecule is Cc1nc(Br)ccc1NC(=O)c1cncn1C. The number of hydrogen-bond donors (Lipinski definition) is 1. The van der Waals surface area contributed by atoms with E-state index in [0.29, 0.717) is 11.4 Å². The zero-order chi connectivity index (χ0) is 12.4. The summed E-state index contributed by atoms with van der Waals surface area (Å²) in [6.45, 7) is 1.84. The summed E-state index contributed by atoms with van der Waals surface area (Å²) in [5.41, 5.74) is 1.96. The molecule has 0 saturated heterocycles. The van der Waals surface area contributed by atoms with E-state index in [-0.39, 0.29) is 5.91 Å². The number of anilines is 1. The molecule has 0 saturated carbocycles. The molecule has 1 amide bonds. The number of rotatable bonds is 2. The lowest BCUT2D eigenvalue weighted by Crippen LogP contribution is -2.16. The fraction of sp³-hybridized carbons (Fsp3) is 0.182. The average molecular weight is 295 g/mol. The van der Waals surface area contributed by atoms with Crippen molar-refractivity contribution in [1.29, 1.82) is 0 Å². The number of hydrogen-bond acceptors (Lipinski definition) is 3. The van der Waals surface area contributed by atoms with Crippen molar-refractivity contribution in [2.24, 2.45) is 7.05 Å². The second kappa shape index (κ2) is 4.67. The molecule has 0 unspecified atom stereocenters. The van der Waals surface area contributed by atoms with Gasteiger partial charge in [-0.05, 0) is 35.0 Å². The van der Waals surface area contributed by atoms with Gasteiger partial charge < -0.3 is 9.88 Å². The van der Waals surface area contributed by atoms with E-state index in [9.17, 15) is 4.79 Å². The first-order chi connectivity index (χ1) is 8.08. The minimum atomic E-state index is -0.197. The highest BCUT2D eigenvalue weighted by Gasteiger charge is 2.11. The molecule has 0 spiro atoms. The van der Waals surface area contributed by atoms with Crippen LogP contribution in [0.25, 0.3) is 0 Å². The van der Waals surface area contributed by atoms with Crippen LogP contribution >= 0.6 is 15.9 Å². The van der Waals surface area contributed by atoms with Crippen molar-refractivity contribution < 1.29 is 4.79 Å². The van der Waals surface area contributed by atoms with Crippen molar-refractivity contribution in [3.63, 3.8) is 0 Å². The summed E-state index contributed by atoms with van der Waals surface area (Å²) in [5, 5.41) is 2.80. The molecule has 6 heteroatoms. The molecule has 0 aliphatic heterocycles. The number of amides is 1. The van der Waals surface area contributed by atoms with Gasteiger partial charge in [0, 0.05) is 7.05 Å². The number of carbonyl (C=O) groups is 1. The van der Waals surface area contributed by atoms with Gasteiger partial charge in [-0.3, -0.25) is 4.79 Å². The Labute approximate surface area is 107 Å². The smallest absolute Gasteiger partial charge is 0.273 e. The first kappa shape index (κ1) is 11.8. The molecule has 2 aromatic rings. The molecule has 0 radical (unpaired) electrons. The van der Waals surface area contributed by atoms with Gasteiger partial charge in [-0.2, -0.15) is 0 Å². The number of nitrogens with one attached hydrogen (secondary N) is 1. The van der Waals surface area contributed by atoms with Gasteiger partial charge in [0.25, 0.3) is 5.91 Å². The lowest BCUT2D eigenvalue weighted by molar-refractivity contribution is 0.101. The van der Waals surface area contributed by atoms with Gasteiger partial charge in [-0.25, -0.2) is 9.97 Å². The van der Waals surface area contributed by atoms with Crippen LogP contribution < -0.4 is 5.32 Å². The van der Waals surface area contributed by atoms with E-state index >= 15 is 0 Å². The first-order valence-electron chi connectivity index (χ1n) is 4.99. The fourth-order valence-electron chi connectivity index (χ4n) is 1.42. The Morgan fingerprint density at radius 1 is 1.47 bits per heavy atom. The van der Waals surface area contributed by atoms with Crippen LogP contribution in [-0.2, 0) is 7.05 Å². The Kier molecular flexibility index (Phi) is 3.23. The van der Waals surface area contributed by atoms with Crippen LogP contribution in [0, 0.1) is 6.92 Å². The normalized spacial score (nSPS) is 10.3. The molecular weight excluding hydrogens is 284 g/mol. The summed E-state index contributed by atoms with van der Waals surface area (Å²) in [5.74, 6) is -0.197. The van der Waals surface area contributed by atoms with Gasteiger partial charge >= 0.3 is 0 Å². The molecule has 17 heavy (non-hydrogen) atoms. The Bertz CT molecular complexity index is 564. The lowest BCUT2D eigenvalue weighted by atomic mass is 10.3. The maximum Gasteiger partial charge on any atom is 0.273 e. The zero-order valence-corrected chi connectivity index (χ0v) is 11.0. The Morgan fingerprint density at radius 3 is 2.82 bits per heavy atom. The molecule has 88 valence electrons. The molecule has 2 aromatic heterocycles. The Balaban J connectivity index is 2.22. The summed E-state index contributed by atoms with van der Waals surface area (Å²) in [7, 11) is 1.77. The van der Waals surface area contributed by atoms with Crippen LogP contribution in [0.15, 0.2) is 29.3 Å². The molecule has 0 fully saturated rings. The van der Waals surface area contributed by atoms with E-state index in [1.54, 1.807) is 30.1 Å². The Hall–Kier alpha value is -1.69. The van der Waals surface area contributed by atoms with Crippen LogP contribution in [0.5, 0.6) is 0 Å². The number of imidazole rings is 1. The molecule has 0 bridgehead atoms. The number of pyridine rings is 1. The van der Waals surface area contributed by atoms with Crippen molar-refractivity contribution in [1.82, 2.24) is 14.5 Å². The number of aromatic nitrogens is 3. The number of halogens is 1. The molecule has 1 N–H and O–H groups in total. The van der Waals surface area contributed by atoms with E-state index < -0.39 is 0 Å². The summed E-state index contributed by atoms with van der Waals surface area (Å²) >= 11 is 3.27. The van der Waals surface area contributed by atoms with Gasteiger partial charge in [0.1, 0.15) is 10.3 Å².